The predicted octanol–water partition coefficient (Wildman–Crippen LogP) is 7.31. The summed E-state index contributed by atoms with van der Waals surface area (Å²) >= 11 is 0. The molecule has 0 radical (unpaired) electrons. The van der Waals surface area contributed by atoms with Gasteiger partial charge in [-0.15, -0.1) is 0 Å². The lowest BCUT2D eigenvalue weighted by Gasteiger charge is -1.93. The van der Waals surface area contributed by atoms with Gasteiger partial charge in [-0.25, -0.2) is 0 Å². The summed E-state index contributed by atoms with van der Waals surface area (Å²) in [6.07, 6.45) is 5.60. The van der Waals surface area contributed by atoms with Crippen molar-refractivity contribution in [2.24, 2.45) is 0 Å². The Morgan fingerprint density at radius 1 is 0.293 bits per heavy atom. The molecule has 0 N–H and O–H groups in total. The second kappa shape index (κ2) is 57.0. The molecule has 0 rings (SSSR count). The van der Waals surface area contributed by atoms with E-state index >= 15 is 0 Å². The maximum Gasteiger partial charge on any atom is 0.129 e. The number of unbranched alkanes of at least 4 members (excludes halogenated alkanes) is 3. The Balaban J connectivity index is -0.0000000411. The smallest absolute Gasteiger partial charge is 0.129 e. The fraction of sp³-hybridized carbons (Fsp3) is 0.719. The van der Waals surface area contributed by atoms with Gasteiger partial charge in [-0.3, -0.25) is 0 Å². The van der Waals surface area contributed by atoms with Crippen LogP contribution < -0.4 is 0 Å². The van der Waals surface area contributed by atoms with Crippen LogP contribution in [0, 0.1) is 0 Å². The monoisotopic (exact) mass is 592 g/mol. The highest BCUT2D eigenvalue weighted by Gasteiger charge is 1.91. The highest BCUT2D eigenvalue weighted by atomic mass is 16.1. The van der Waals surface area contributed by atoms with Crippen molar-refractivity contribution in [3.05, 3.63) is 0 Å². The van der Waals surface area contributed by atoms with E-state index in [0.717, 1.165) is 12.8 Å². The molecule has 0 amide bonds. The minimum Gasteiger partial charge on any atom is -0.300 e. The van der Waals surface area contributed by atoms with Gasteiger partial charge in [0.25, 0.3) is 0 Å². The van der Waals surface area contributed by atoms with Crippen LogP contribution in [0.25, 0.3) is 0 Å². The van der Waals surface area contributed by atoms with E-state index in [-0.39, 0.29) is 46.3 Å². The largest absolute Gasteiger partial charge is 0.300 e. The molecule has 0 unspecified atom stereocenters. The third-order valence-electron chi connectivity index (χ3n) is 1.38. The van der Waals surface area contributed by atoms with Gasteiger partial charge in [0, 0.05) is 6.42 Å². The minimum atomic E-state index is 0.167. The molecule has 9 nitrogen and oxygen atoms in total. The Morgan fingerprint density at radius 3 is 0.537 bits per heavy atom. The summed E-state index contributed by atoms with van der Waals surface area (Å²) in [5, 5.41) is 0. The molecule has 0 aromatic carbocycles. The van der Waals surface area contributed by atoms with Crippen molar-refractivity contribution < 1.29 is 43.2 Å². The van der Waals surface area contributed by atoms with E-state index in [1.807, 2.05) is 0 Å². The van der Waals surface area contributed by atoms with Crippen LogP contribution in [0.2, 0.25) is 0 Å². The lowest BCUT2D eigenvalue weighted by Crippen LogP contribution is -1.88. The number of hydrogen-bond donors (Lipinski definition) is 0. The standard InChI is InChI=1S/C8H16O.8C3H6O/c1-3-4-5-6-7-8(2)9;8*1-3(2)4/h3-7H2,1-2H3;8*1-2H3. The van der Waals surface area contributed by atoms with Crippen molar-refractivity contribution in [3.63, 3.8) is 0 Å². The first kappa shape index (κ1) is 61.9. The van der Waals surface area contributed by atoms with Crippen molar-refractivity contribution in [2.45, 2.75) is 157 Å². The lowest BCUT2D eigenvalue weighted by molar-refractivity contribution is -0.117. The van der Waals surface area contributed by atoms with Crippen LogP contribution in [0.1, 0.15) is 157 Å². The van der Waals surface area contributed by atoms with E-state index in [9.17, 15) is 43.2 Å². The molecule has 0 atom stereocenters. The maximum absolute atomic E-state index is 10.4. The minimum absolute atomic E-state index is 0.167. The molecule has 9 heteroatoms. The Hall–Kier alpha value is -2.97. The lowest BCUT2D eigenvalue weighted by atomic mass is 10.1. The van der Waals surface area contributed by atoms with Crippen LogP contribution >= 0.6 is 0 Å². The number of rotatable bonds is 5. The van der Waals surface area contributed by atoms with Gasteiger partial charge in [-0.05, 0) is 124 Å². The summed E-state index contributed by atoms with van der Waals surface area (Å²) in [5.41, 5.74) is 0. The number of carbonyl (C=O) groups excluding carboxylic acids is 9. The molecule has 0 aliphatic carbocycles. The summed E-state index contributed by atoms with van der Waals surface area (Å²) < 4.78 is 0. The molecule has 0 aliphatic heterocycles. The molecular formula is C32H64O9. The Bertz CT molecular complexity index is 513. The zero-order valence-corrected chi connectivity index (χ0v) is 29.7. The average molecular weight is 593 g/mol. The quantitative estimate of drug-likeness (QED) is 0.299. The van der Waals surface area contributed by atoms with Gasteiger partial charge in [0.15, 0.2) is 0 Å². The van der Waals surface area contributed by atoms with Crippen LogP contribution in [0.15, 0.2) is 0 Å². The molecule has 0 saturated carbocycles. The van der Waals surface area contributed by atoms with Gasteiger partial charge in [0.2, 0.25) is 0 Å². The molecule has 41 heavy (non-hydrogen) atoms. The van der Waals surface area contributed by atoms with Gasteiger partial charge >= 0.3 is 0 Å². The summed E-state index contributed by atoms with van der Waals surface area (Å²) in [6, 6.07) is 0. The van der Waals surface area contributed by atoms with E-state index < -0.39 is 0 Å². The number of Topliss-reactive ketones (excluding diaryl/α,β-unsaturated/α-hetero) is 9. The van der Waals surface area contributed by atoms with Gasteiger partial charge in [0.1, 0.15) is 52.0 Å². The SMILES string of the molecule is CC(C)=O.CC(C)=O.CC(C)=O.CC(C)=O.CC(C)=O.CC(C)=O.CC(C)=O.CC(C)=O.CCCCCCC(C)=O. The Labute approximate surface area is 252 Å². The van der Waals surface area contributed by atoms with Crippen molar-refractivity contribution in [1.82, 2.24) is 0 Å². The number of carbonyl (C=O) groups is 9. The summed E-state index contributed by atoms with van der Waals surface area (Å²) in [4.78, 5) is 86.0. The molecular weight excluding hydrogens is 528 g/mol. The first-order valence-electron chi connectivity index (χ1n) is 13.4. The Kier molecular flexibility index (Phi) is 86.1. The summed E-state index contributed by atoms with van der Waals surface area (Å²) in [6.45, 7) is 28.3. The molecule has 0 heterocycles. The molecule has 0 spiro atoms. The molecule has 0 aromatic heterocycles. The fourth-order valence-corrected chi connectivity index (χ4v) is 0.801. The summed E-state index contributed by atoms with van der Waals surface area (Å²) in [5.74, 6) is 1.66. The number of hydrogen-bond acceptors (Lipinski definition) is 9. The second-order valence-electron chi connectivity index (χ2n) is 9.78. The third-order valence-corrected chi connectivity index (χ3v) is 1.38. The van der Waals surface area contributed by atoms with Crippen molar-refractivity contribution in [3.8, 4) is 0 Å². The van der Waals surface area contributed by atoms with Crippen molar-refractivity contribution in [2.75, 3.05) is 0 Å². The van der Waals surface area contributed by atoms with Crippen molar-refractivity contribution >= 4 is 52.0 Å². The molecule has 0 fully saturated rings. The molecule has 0 aromatic rings. The first-order chi connectivity index (χ1) is 18.1. The van der Waals surface area contributed by atoms with E-state index in [1.165, 1.54) is 130 Å². The van der Waals surface area contributed by atoms with Crippen LogP contribution in [-0.2, 0) is 43.2 Å². The van der Waals surface area contributed by atoms with Gasteiger partial charge in [-0.1, -0.05) is 26.2 Å². The van der Waals surface area contributed by atoms with E-state index in [2.05, 4.69) is 6.92 Å². The normalized spacial score (nSPS) is 7.17. The molecule has 0 bridgehead atoms. The Morgan fingerprint density at radius 2 is 0.439 bits per heavy atom. The summed E-state index contributed by atoms with van der Waals surface area (Å²) in [7, 11) is 0. The third kappa shape index (κ3) is 4950. The van der Waals surface area contributed by atoms with E-state index in [1.54, 1.807) is 6.92 Å². The second-order valence-corrected chi connectivity index (χ2v) is 9.78. The highest BCUT2D eigenvalue weighted by Crippen LogP contribution is 2.01. The molecule has 0 saturated heterocycles. The maximum atomic E-state index is 10.4. The van der Waals surface area contributed by atoms with Gasteiger partial charge in [0.05, 0.1) is 0 Å². The van der Waals surface area contributed by atoms with Crippen molar-refractivity contribution in [1.29, 1.82) is 0 Å². The fourth-order valence-electron chi connectivity index (χ4n) is 0.801. The topological polar surface area (TPSA) is 154 Å². The molecule has 246 valence electrons. The highest BCUT2D eigenvalue weighted by molar-refractivity contribution is 5.75. The van der Waals surface area contributed by atoms with Gasteiger partial charge < -0.3 is 43.2 Å². The predicted molar refractivity (Wildman–Crippen MR) is 170 cm³/mol. The molecule has 0 aliphatic rings. The van der Waals surface area contributed by atoms with Crippen LogP contribution in [0.3, 0.4) is 0 Å². The van der Waals surface area contributed by atoms with E-state index in [0.29, 0.717) is 5.78 Å². The zero-order chi connectivity index (χ0) is 35.7. The average Bonchev–Trinajstić information content (AvgIpc) is 2.61. The van der Waals surface area contributed by atoms with E-state index in [4.69, 9.17) is 0 Å². The van der Waals surface area contributed by atoms with Crippen LogP contribution in [0.4, 0.5) is 0 Å². The number of ketones is 9. The van der Waals surface area contributed by atoms with Crippen LogP contribution in [0.5, 0.6) is 0 Å². The van der Waals surface area contributed by atoms with Crippen LogP contribution in [-0.4, -0.2) is 52.0 Å². The van der Waals surface area contributed by atoms with Gasteiger partial charge in [-0.2, -0.15) is 0 Å². The first-order valence-corrected chi connectivity index (χ1v) is 13.4. The zero-order valence-electron chi connectivity index (χ0n) is 29.7.